The van der Waals surface area contributed by atoms with Gasteiger partial charge in [-0.15, -0.1) is 0 Å². The topological polar surface area (TPSA) is 15.3 Å². The maximum absolute atomic E-state index is 3.75. The van der Waals surface area contributed by atoms with Gasteiger partial charge < -0.3 is 5.32 Å². The normalized spacial score (nSPS) is 21.7. The van der Waals surface area contributed by atoms with E-state index in [1.54, 1.807) is 0 Å². The minimum Gasteiger partial charge on any atom is -0.314 e. The lowest BCUT2D eigenvalue weighted by molar-refractivity contribution is 0.190. The molecule has 3 rings (SSSR count). The summed E-state index contributed by atoms with van der Waals surface area (Å²) in [6.07, 6.45) is 5.55. The Labute approximate surface area is 117 Å². The molecule has 104 valence electrons. The largest absolute Gasteiger partial charge is 0.314 e. The van der Waals surface area contributed by atoms with Crippen LogP contribution in [0, 0.1) is 12.8 Å². The number of likely N-dealkylation sites (tertiary alicyclic amines) is 1. The van der Waals surface area contributed by atoms with Crippen LogP contribution in [0.4, 0.5) is 0 Å². The lowest BCUT2D eigenvalue weighted by Crippen LogP contribution is -2.42. The molecule has 2 fully saturated rings. The summed E-state index contributed by atoms with van der Waals surface area (Å²) in [4.78, 5) is 2.60. The van der Waals surface area contributed by atoms with E-state index in [-0.39, 0.29) is 0 Å². The Bertz CT molecular complexity index is 386. The van der Waals surface area contributed by atoms with Crippen LogP contribution in [0.15, 0.2) is 24.3 Å². The molecule has 1 heterocycles. The molecule has 0 amide bonds. The average molecular weight is 258 g/mol. The number of hydrogen-bond acceptors (Lipinski definition) is 2. The predicted molar refractivity (Wildman–Crippen MR) is 80.2 cm³/mol. The molecule has 1 saturated carbocycles. The van der Waals surface area contributed by atoms with Crippen LogP contribution in [0.2, 0.25) is 0 Å². The number of nitrogens with zero attached hydrogens (tertiary/aromatic N) is 1. The maximum atomic E-state index is 3.75. The van der Waals surface area contributed by atoms with Crippen molar-refractivity contribution in [2.75, 3.05) is 19.6 Å². The summed E-state index contributed by atoms with van der Waals surface area (Å²) >= 11 is 0. The Kier molecular flexibility index (Phi) is 4.19. The highest BCUT2D eigenvalue weighted by Crippen LogP contribution is 2.28. The average Bonchev–Trinajstić information content (AvgIpc) is 3.25. The van der Waals surface area contributed by atoms with Crippen molar-refractivity contribution in [3.63, 3.8) is 0 Å². The molecule has 1 aromatic rings. The number of hydrogen-bond donors (Lipinski definition) is 1. The number of nitrogens with one attached hydrogen (secondary N) is 1. The third-order valence-electron chi connectivity index (χ3n) is 4.51. The first kappa shape index (κ1) is 13.1. The molecule has 0 bridgehead atoms. The van der Waals surface area contributed by atoms with E-state index in [0.717, 1.165) is 18.5 Å². The number of benzene rings is 1. The Morgan fingerprint density at radius 2 is 1.74 bits per heavy atom. The minimum atomic E-state index is 0.773. The van der Waals surface area contributed by atoms with Crippen LogP contribution in [0.25, 0.3) is 0 Å². The third kappa shape index (κ3) is 4.05. The van der Waals surface area contributed by atoms with Crippen LogP contribution in [0.1, 0.15) is 36.8 Å². The predicted octanol–water partition coefficient (Wildman–Crippen LogP) is 2.96. The van der Waals surface area contributed by atoms with Gasteiger partial charge in [-0.1, -0.05) is 29.8 Å². The Morgan fingerprint density at radius 3 is 2.37 bits per heavy atom. The molecule has 1 saturated heterocycles. The fourth-order valence-corrected chi connectivity index (χ4v) is 2.90. The van der Waals surface area contributed by atoms with Gasteiger partial charge in [0.1, 0.15) is 0 Å². The quantitative estimate of drug-likeness (QED) is 0.873. The van der Waals surface area contributed by atoms with Gasteiger partial charge in [-0.05, 0) is 63.7 Å². The summed E-state index contributed by atoms with van der Waals surface area (Å²) in [6, 6.07) is 9.76. The Morgan fingerprint density at radius 1 is 1.05 bits per heavy atom. The highest BCUT2D eigenvalue weighted by Gasteiger charge is 2.24. The lowest BCUT2D eigenvalue weighted by Gasteiger charge is -2.32. The fourth-order valence-electron chi connectivity index (χ4n) is 2.90. The molecule has 0 atom stereocenters. The zero-order valence-electron chi connectivity index (χ0n) is 12.1. The minimum absolute atomic E-state index is 0.773. The van der Waals surface area contributed by atoms with Gasteiger partial charge in [0.05, 0.1) is 0 Å². The van der Waals surface area contributed by atoms with Crippen molar-refractivity contribution in [1.82, 2.24) is 10.2 Å². The van der Waals surface area contributed by atoms with Crippen molar-refractivity contribution in [3.8, 4) is 0 Å². The van der Waals surface area contributed by atoms with E-state index in [0.29, 0.717) is 0 Å². The SMILES string of the molecule is Cc1ccc(CN2CCC(NCC3CC3)CC2)cc1. The molecule has 0 unspecified atom stereocenters. The second-order valence-corrected chi connectivity index (χ2v) is 6.39. The first-order chi connectivity index (χ1) is 9.29. The van der Waals surface area contributed by atoms with E-state index < -0.39 is 0 Å². The standard InChI is InChI=1S/C17H26N2/c1-14-2-4-16(5-3-14)13-19-10-8-17(9-11-19)18-12-15-6-7-15/h2-5,15,17-18H,6-13H2,1H3. The van der Waals surface area contributed by atoms with Crippen LogP contribution >= 0.6 is 0 Å². The molecule has 1 N–H and O–H groups in total. The van der Waals surface area contributed by atoms with E-state index in [2.05, 4.69) is 41.4 Å². The van der Waals surface area contributed by atoms with Gasteiger partial charge in [-0.3, -0.25) is 4.90 Å². The lowest BCUT2D eigenvalue weighted by atomic mass is 10.0. The van der Waals surface area contributed by atoms with Crippen molar-refractivity contribution in [1.29, 1.82) is 0 Å². The van der Waals surface area contributed by atoms with Gasteiger partial charge in [-0.25, -0.2) is 0 Å². The molecule has 1 aromatic carbocycles. The van der Waals surface area contributed by atoms with Gasteiger partial charge in [0.25, 0.3) is 0 Å². The van der Waals surface area contributed by atoms with E-state index in [1.165, 1.54) is 56.4 Å². The van der Waals surface area contributed by atoms with Crippen LogP contribution in [-0.2, 0) is 6.54 Å². The first-order valence-electron chi connectivity index (χ1n) is 7.81. The zero-order chi connectivity index (χ0) is 13.1. The molecule has 0 radical (unpaired) electrons. The highest BCUT2D eigenvalue weighted by atomic mass is 15.1. The van der Waals surface area contributed by atoms with Gasteiger partial charge in [0, 0.05) is 12.6 Å². The fraction of sp³-hybridized carbons (Fsp3) is 0.647. The summed E-state index contributed by atoms with van der Waals surface area (Å²) in [5, 5.41) is 3.75. The van der Waals surface area contributed by atoms with Crippen molar-refractivity contribution in [2.45, 2.75) is 45.2 Å². The molecule has 1 aliphatic carbocycles. The number of piperidine rings is 1. The molecule has 1 aliphatic heterocycles. The van der Waals surface area contributed by atoms with E-state index >= 15 is 0 Å². The molecule has 2 heteroatoms. The number of rotatable bonds is 5. The Balaban J connectivity index is 1.40. The molecule has 2 aliphatic rings. The van der Waals surface area contributed by atoms with E-state index in [9.17, 15) is 0 Å². The summed E-state index contributed by atoms with van der Waals surface area (Å²) < 4.78 is 0. The Hall–Kier alpha value is -0.860. The smallest absolute Gasteiger partial charge is 0.0233 e. The molecule has 0 aromatic heterocycles. The second-order valence-electron chi connectivity index (χ2n) is 6.39. The molecular formula is C17H26N2. The molecule has 19 heavy (non-hydrogen) atoms. The third-order valence-corrected chi connectivity index (χ3v) is 4.51. The monoisotopic (exact) mass is 258 g/mol. The van der Waals surface area contributed by atoms with Crippen LogP contribution < -0.4 is 5.32 Å². The van der Waals surface area contributed by atoms with Crippen molar-refractivity contribution >= 4 is 0 Å². The molecule has 2 nitrogen and oxygen atoms in total. The zero-order valence-corrected chi connectivity index (χ0v) is 12.1. The first-order valence-corrected chi connectivity index (χ1v) is 7.81. The summed E-state index contributed by atoms with van der Waals surface area (Å²) in [5.41, 5.74) is 2.81. The summed E-state index contributed by atoms with van der Waals surface area (Å²) in [5.74, 6) is 1.01. The van der Waals surface area contributed by atoms with Crippen molar-refractivity contribution in [2.24, 2.45) is 5.92 Å². The van der Waals surface area contributed by atoms with Crippen molar-refractivity contribution < 1.29 is 0 Å². The van der Waals surface area contributed by atoms with Gasteiger partial charge >= 0.3 is 0 Å². The molecular weight excluding hydrogens is 232 g/mol. The van der Waals surface area contributed by atoms with Crippen LogP contribution in [0.5, 0.6) is 0 Å². The summed E-state index contributed by atoms with van der Waals surface area (Å²) in [6.45, 7) is 7.03. The second kappa shape index (κ2) is 6.06. The summed E-state index contributed by atoms with van der Waals surface area (Å²) in [7, 11) is 0. The van der Waals surface area contributed by atoms with E-state index in [1.807, 2.05) is 0 Å². The van der Waals surface area contributed by atoms with Gasteiger partial charge in [0.2, 0.25) is 0 Å². The van der Waals surface area contributed by atoms with Crippen LogP contribution in [-0.4, -0.2) is 30.6 Å². The molecule has 0 spiro atoms. The number of aryl methyl sites for hydroxylation is 1. The maximum Gasteiger partial charge on any atom is 0.0233 e. The van der Waals surface area contributed by atoms with Crippen LogP contribution in [0.3, 0.4) is 0 Å². The van der Waals surface area contributed by atoms with E-state index in [4.69, 9.17) is 0 Å². The van der Waals surface area contributed by atoms with Gasteiger partial charge in [-0.2, -0.15) is 0 Å². The van der Waals surface area contributed by atoms with Crippen molar-refractivity contribution in [3.05, 3.63) is 35.4 Å². The van der Waals surface area contributed by atoms with Gasteiger partial charge in [0.15, 0.2) is 0 Å². The highest BCUT2D eigenvalue weighted by molar-refractivity contribution is 5.21.